The van der Waals surface area contributed by atoms with Crippen LogP contribution in [-0.4, -0.2) is 53.7 Å². The Labute approximate surface area is 154 Å². The smallest absolute Gasteiger partial charge is 0.152 e. The summed E-state index contributed by atoms with van der Waals surface area (Å²) < 4.78 is 25.5. The first kappa shape index (κ1) is 17.7. The van der Waals surface area contributed by atoms with Crippen LogP contribution in [0.2, 0.25) is 0 Å². The lowest BCUT2D eigenvalue weighted by atomic mass is 9.95. The minimum Gasteiger partial charge on any atom is -0.326 e. The van der Waals surface area contributed by atoms with Gasteiger partial charge in [-0.15, -0.1) is 0 Å². The maximum Gasteiger partial charge on any atom is 0.152 e. The van der Waals surface area contributed by atoms with Crippen molar-refractivity contribution in [3.05, 3.63) is 53.9 Å². The Morgan fingerprint density at radius 3 is 2.73 bits per heavy atom. The van der Waals surface area contributed by atoms with Crippen LogP contribution in [0.5, 0.6) is 0 Å². The summed E-state index contributed by atoms with van der Waals surface area (Å²) in [5.41, 5.74) is 8.36. The molecule has 7 heteroatoms. The highest BCUT2D eigenvalue weighted by Crippen LogP contribution is 2.31. The second-order valence-corrected chi connectivity index (χ2v) is 10.2. The molecule has 2 aliphatic heterocycles. The van der Waals surface area contributed by atoms with Gasteiger partial charge < -0.3 is 5.73 Å². The van der Waals surface area contributed by atoms with Crippen LogP contribution < -0.4 is 5.73 Å². The molecule has 6 nitrogen and oxygen atoms in total. The zero-order chi connectivity index (χ0) is 18.4. The van der Waals surface area contributed by atoms with Crippen molar-refractivity contribution in [2.24, 2.45) is 5.73 Å². The van der Waals surface area contributed by atoms with Crippen LogP contribution in [0, 0.1) is 0 Å². The third kappa shape index (κ3) is 3.43. The number of likely N-dealkylation sites (tertiary alicyclic amines) is 1. The summed E-state index contributed by atoms with van der Waals surface area (Å²) in [7, 11) is -2.95. The zero-order valence-electron chi connectivity index (χ0n) is 15.1. The van der Waals surface area contributed by atoms with Crippen molar-refractivity contribution < 1.29 is 8.42 Å². The summed E-state index contributed by atoms with van der Waals surface area (Å²) in [5.74, 6) is 0.772. The van der Waals surface area contributed by atoms with Crippen LogP contribution in [0.25, 0.3) is 0 Å². The molecule has 0 bridgehead atoms. The second kappa shape index (κ2) is 6.48. The van der Waals surface area contributed by atoms with Gasteiger partial charge in [-0.2, -0.15) is 5.10 Å². The number of rotatable bonds is 4. The summed E-state index contributed by atoms with van der Waals surface area (Å²) >= 11 is 0. The second-order valence-electron chi connectivity index (χ2n) is 8.01. The van der Waals surface area contributed by atoms with E-state index in [-0.39, 0.29) is 17.5 Å². The molecule has 0 saturated carbocycles. The molecule has 3 atom stereocenters. The van der Waals surface area contributed by atoms with Gasteiger partial charge in [-0.1, -0.05) is 30.3 Å². The van der Waals surface area contributed by atoms with Gasteiger partial charge in [0.1, 0.15) is 0 Å². The van der Waals surface area contributed by atoms with E-state index < -0.39 is 15.4 Å². The number of aromatic nitrogens is 2. The molecule has 2 aliphatic rings. The molecule has 1 aromatic heterocycles. The van der Waals surface area contributed by atoms with Gasteiger partial charge in [0.05, 0.1) is 23.2 Å². The van der Waals surface area contributed by atoms with E-state index in [4.69, 9.17) is 5.73 Å². The third-order valence-electron chi connectivity index (χ3n) is 5.75. The highest BCUT2D eigenvalue weighted by atomic mass is 32.2. The van der Waals surface area contributed by atoms with E-state index in [9.17, 15) is 8.42 Å². The first-order valence-electron chi connectivity index (χ1n) is 9.12. The molecule has 0 radical (unpaired) electrons. The fraction of sp³-hybridized carbons (Fsp3) is 0.526. The number of nitrogens with zero attached hydrogens (tertiary/aromatic N) is 3. The summed E-state index contributed by atoms with van der Waals surface area (Å²) in [6.07, 6.45) is 4.49. The Hall–Kier alpha value is -1.70. The maximum atomic E-state index is 11.8. The van der Waals surface area contributed by atoms with Crippen molar-refractivity contribution in [2.45, 2.75) is 37.4 Å². The minimum absolute atomic E-state index is 0.130. The van der Waals surface area contributed by atoms with Gasteiger partial charge in [0.2, 0.25) is 0 Å². The van der Waals surface area contributed by atoms with Crippen LogP contribution in [0.1, 0.15) is 30.4 Å². The van der Waals surface area contributed by atoms with E-state index in [1.54, 1.807) is 0 Å². The lowest BCUT2D eigenvalue weighted by Crippen LogP contribution is -2.31. The monoisotopic (exact) mass is 374 g/mol. The number of sulfone groups is 1. The number of nitrogens with two attached hydrogens (primary N) is 1. The maximum absolute atomic E-state index is 11.8. The molecular formula is C19H26N4O2S. The molecule has 0 aliphatic carbocycles. The van der Waals surface area contributed by atoms with Crippen molar-refractivity contribution in [1.82, 2.24) is 14.7 Å². The predicted molar refractivity (Wildman–Crippen MR) is 102 cm³/mol. The SMILES string of the molecule is CC1(n2cc(CN3C[C@@H](N)[C@H](c4ccccc4)C3)cn2)CCS(=O)(=O)C1. The first-order chi connectivity index (χ1) is 12.3. The Morgan fingerprint density at radius 2 is 2.04 bits per heavy atom. The highest BCUT2D eigenvalue weighted by molar-refractivity contribution is 7.91. The van der Waals surface area contributed by atoms with Gasteiger partial charge in [-0.25, -0.2) is 8.42 Å². The van der Waals surface area contributed by atoms with E-state index >= 15 is 0 Å². The molecule has 2 saturated heterocycles. The van der Waals surface area contributed by atoms with Crippen LogP contribution in [-0.2, 0) is 21.9 Å². The highest BCUT2D eigenvalue weighted by Gasteiger charge is 2.40. The molecule has 26 heavy (non-hydrogen) atoms. The molecular weight excluding hydrogens is 348 g/mol. The number of hydrogen-bond acceptors (Lipinski definition) is 5. The van der Waals surface area contributed by atoms with Gasteiger partial charge in [0.25, 0.3) is 0 Å². The van der Waals surface area contributed by atoms with E-state index in [1.165, 1.54) is 5.56 Å². The van der Waals surface area contributed by atoms with Gasteiger partial charge in [0.15, 0.2) is 9.84 Å². The van der Waals surface area contributed by atoms with E-state index in [2.05, 4.69) is 34.3 Å². The largest absolute Gasteiger partial charge is 0.326 e. The lowest BCUT2D eigenvalue weighted by Gasteiger charge is -2.22. The predicted octanol–water partition coefficient (Wildman–Crippen LogP) is 1.34. The van der Waals surface area contributed by atoms with E-state index in [0.29, 0.717) is 12.3 Å². The Morgan fingerprint density at radius 1 is 1.27 bits per heavy atom. The van der Waals surface area contributed by atoms with Crippen molar-refractivity contribution in [3.8, 4) is 0 Å². The molecule has 1 aromatic carbocycles. The van der Waals surface area contributed by atoms with Crippen molar-refractivity contribution in [1.29, 1.82) is 0 Å². The number of hydrogen-bond donors (Lipinski definition) is 1. The van der Waals surface area contributed by atoms with Gasteiger partial charge in [-0.3, -0.25) is 9.58 Å². The summed E-state index contributed by atoms with van der Waals surface area (Å²) in [6.45, 7) is 4.56. The quantitative estimate of drug-likeness (QED) is 0.873. The molecule has 1 unspecified atom stereocenters. The summed E-state index contributed by atoms with van der Waals surface area (Å²) in [6, 6.07) is 10.6. The molecule has 3 heterocycles. The van der Waals surface area contributed by atoms with Crippen LogP contribution in [0.15, 0.2) is 42.7 Å². The van der Waals surface area contributed by atoms with Gasteiger partial charge in [0, 0.05) is 43.4 Å². The Balaban J connectivity index is 1.44. The molecule has 0 spiro atoms. The first-order valence-corrected chi connectivity index (χ1v) is 10.9. The fourth-order valence-electron chi connectivity index (χ4n) is 4.26. The standard InChI is InChI=1S/C19H26N4O2S/c1-19(7-8-26(24,25)14-19)23-11-15(9-21-23)10-22-12-17(18(20)13-22)16-5-3-2-4-6-16/h2-6,9,11,17-18H,7-8,10,12-14,20H2,1H3/t17-,18+,19?/m0/s1. The van der Waals surface area contributed by atoms with E-state index in [1.807, 2.05) is 30.1 Å². The van der Waals surface area contributed by atoms with Gasteiger partial charge in [-0.05, 0) is 18.9 Å². The molecule has 0 amide bonds. The molecule has 2 aromatic rings. The number of benzene rings is 1. The van der Waals surface area contributed by atoms with Crippen molar-refractivity contribution >= 4 is 9.84 Å². The van der Waals surface area contributed by atoms with Crippen molar-refractivity contribution in [2.75, 3.05) is 24.6 Å². The average Bonchev–Trinajstić information content (AvgIpc) is 3.28. The molecule has 140 valence electrons. The van der Waals surface area contributed by atoms with Crippen LogP contribution >= 0.6 is 0 Å². The Kier molecular flexibility index (Phi) is 4.41. The third-order valence-corrected chi connectivity index (χ3v) is 7.63. The van der Waals surface area contributed by atoms with Crippen LogP contribution in [0.4, 0.5) is 0 Å². The zero-order valence-corrected chi connectivity index (χ0v) is 15.9. The fourth-order valence-corrected chi connectivity index (χ4v) is 6.38. The van der Waals surface area contributed by atoms with Gasteiger partial charge >= 0.3 is 0 Å². The lowest BCUT2D eigenvalue weighted by molar-refractivity contribution is 0.317. The van der Waals surface area contributed by atoms with Crippen LogP contribution in [0.3, 0.4) is 0 Å². The average molecular weight is 375 g/mol. The van der Waals surface area contributed by atoms with E-state index in [0.717, 1.165) is 25.2 Å². The Bertz CT molecular complexity index is 880. The molecule has 4 rings (SSSR count). The normalized spacial score (nSPS) is 31.5. The molecule has 2 N–H and O–H groups in total. The topological polar surface area (TPSA) is 81.2 Å². The summed E-state index contributed by atoms with van der Waals surface area (Å²) in [4.78, 5) is 2.36. The summed E-state index contributed by atoms with van der Waals surface area (Å²) in [5, 5.41) is 4.47. The van der Waals surface area contributed by atoms with Crippen molar-refractivity contribution in [3.63, 3.8) is 0 Å². The molecule has 2 fully saturated rings. The minimum atomic E-state index is -2.95.